The molecule has 1 aromatic heterocycles. The van der Waals surface area contributed by atoms with Crippen molar-refractivity contribution in [3.8, 4) is 0 Å². The third-order valence-corrected chi connectivity index (χ3v) is 5.19. The fourth-order valence-electron chi connectivity index (χ4n) is 3.21. The molecule has 1 saturated carbocycles. The first-order chi connectivity index (χ1) is 8.42. The zero-order valence-corrected chi connectivity index (χ0v) is 11.9. The van der Waals surface area contributed by atoms with Gasteiger partial charge in [0.1, 0.15) is 0 Å². The average Bonchev–Trinajstić information content (AvgIpc) is 3.06. The van der Waals surface area contributed by atoms with Gasteiger partial charge in [-0.05, 0) is 55.1 Å². The van der Waals surface area contributed by atoms with E-state index in [0.29, 0.717) is 17.3 Å². The summed E-state index contributed by atoms with van der Waals surface area (Å²) >= 11 is 0. The number of hydrogen-bond donors (Lipinski definition) is 0. The second-order valence-electron chi connectivity index (χ2n) is 6.82. The largest absolute Gasteiger partial charge is 0.312 e. The van der Waals surface area contributed by atoms with Gasteiger partial charge in [-0.2, -0.15) is 0 Å². The number of aryl methyl sites for hydroxylation is 1. The van der Waals surface area contributed by atoms with Crippen LogP contribution in [0.15, 0.2) is 10.9 Å². The van der Waals surface area contributed by atoms with Crippen molar-refractivity contribution in [3.05, 3.63) is 33.2 Å². The summed E-state index contributed by atoms with van der Waals surface area (Å²) in [6, 6.07) is 2.17. The topological polar surface area (TPSA) is 22.0 Å². The number of aromatic nitrogens is 1. The second-order valence-corrected chi connectivity index (χ2v) is 6.82. The van der Waals surface area contributed by atoms with E-state index in [0.717, 1.165) is 18.5 Å². The number of rotatable bonds is 1. The van der Waals surface area contributed by atoms with E-state index in [1.54, 1.807) is 0 Å². The number of nitrogens with zero attached hydrogens (tertiary/aromatic N) is 1. The lowest BCUT2D eigenvalue weighted by atomic mass is 9.83. The van der Waals surface area contributed by atoms with Gasteiger partial charge in [0.15, 0.2) is 0 Å². The van der Waals surface area contributed by atoms with Crippen LogP contribution in [0.25, 0.3) is 0 Å². The molecule has 2 heteroatoms. The van der Waals surface area contributed by atoms with Crippen LogP contribution in [0.2, 0.25) is 0 Å². The highest BCUT2D eigenvalue weighted by Crippen LogP contribution is 2.49. The standard InChI is InChI=1S/C16H23NO/c1-10-8-14-13(16(4)5-6-16)7-11(2)15(18)17(14)9-12(10)3/h7,10,12H,5-6,8-9H2,1-4H3. The molecule has 0 amide bonds. The molecular formula is C16H23NO. The molecule has 0 aromatic carbocycles. The lowest BCUT2D eigenvalue weighted by Gasteiger charge is -2.32. The predicted octanol–water partition coefficient (Wildman–Crippen LogP) is 3.04. The average molecular weight is 245 g/mol. The normalized spacial score (nSPS) is 28.9. The molecule has 2 unspecified atom stereocenters. The number of fused-ring (bicyclic) bond motifs is 1. The van der Waals surface area contributed by atoms with E-state index in [1.807, 2.05) is 6.92 Å². The van der Waals surface area contributed by atoms with Gasteiger partial charge in [-0.25, -0.2) is 0 Å². The Kier molecular flexibility index (Phi) is 2.48. The van der Waals surface area contributed by atoms with Crippen LogP contribution in [0, 0.1) is 18.8 Å². The van der Waals surface area contributed by atoms with Crippen molar-refractivity contribution in [2.45, 2.75) is 58.9 Å². The Bertz CT molecular complexity index is 551. The molecule has 1 aliphatic carbocycles. The van der Waals surface area contributed by atoms with Crippen molar-refractivity contribution >= 4 is 0 Å². The van der Waals surface area contributed by atoms with E-state index in [4.69, 9.17) is 0 Å². The van der Waals surface area contributed by atoms with Crippen molar-refractivity contribution in [2.24, 2.45) is 11.8 Å². The van der Waals surface area contributed by atoms with Crippen LogP contribution >= 0.6 is 0 Å². The molecule has 3 rings (SSSR count). The van der Waals surface area contributed by atoms with Crippen LogP contribution in [-0.2, 0) is 18.4 Å². The smallest absolute Gasteiger partial charge is 0.253 e. The van der Waals surface area contributed by atoms with Gasteiger partial charge in [-0.3, -0.25) is 4.79 Å². The van der Waals surface area contributed by atoms with Crippen LogP contribution in [0.5, 0.6) is 0 Å². The summed E-state index contributed by atoms with van der Waals surface area (Å²) in [6.45, 7) is 9.79. The van der Waals surface area contributed by atoms with Gasteiger partial charge in [-0.1, -0.05) is 20.8 Å². The van der Waals surface area contributed by atoms with E-state index >= 15 is 0 Å². The Balaban J connectivity index is 2.21. The van der Waals surface area contributed by atoms with Crippen LogP contribution in [0.1, 0.15) is 50.4 Å². The summed E-state index contributed by atoms with van der Waals surface area (Å²) in [4.78, 5) is 12.3. The first-order valence-electron chi connectivity index (χ1n) is 7.16. The molecule has 2 heterocycles. The lowest BCUT2D eigenvalue weighted by Crippen LogP contribution is -2.37. The third-order valence-electron chi connectivity index (χ3n) is 5.19. The fraction of sp³-hybridized carbons (Fsp3) is 0.688. The zero-order valence-electron chi connectivity index (χ0n) is 11.9. The molecule has 18 heavy (non-hydrogen) atoms. The highest BCUT2D eigenvalue weighted by Gasteiger charge is 2.42. The quantitative estimate of drug-likeness (QED) is 0.745. The van der Waals surface area contributed by atoms with Crippen molar-refractivity contribution in [1.29, 1.82) is 0 Å². The lowest BCUT2D eigenvalue weighted by molar-refractivity contribution is 0.285. The monoisotopic (exact) mass is 245 g/mol. The molecule has 2 atom stereocenters. The first-order valence-corrected chi connectivity index (χ1v) is 7.16. The molecule has 0 N–H and O–H groups in total. The van der Waals surface area contributed by atoms with Crippen LogP contribution in [0.4, 0.5) is 0 Å². The summed E-state index contributed by atoms with van der Waals surface area (Å²) in [5.74, 6) is 1.30. The summed E-state index contributed by atoms with van der Waals surface area (Å²) in [5.41, 5.74) is 4.30. The molecule has 0 bridgehead atoms. The van der Waals surface area contributed by atoms with E-state index in [9.17, 15) is 4.79 Å². The van der Waals surface area contributed by atoms with Gasteiger partial charge >= 0.3 is 0 Å². The summed E-state index contributed by atoms with van der Waals surface area (Å²) in [7, 11) is 0. The first kappa shape index (κ1) is 12.0. The minimum absolute atomic E-state index is 0.233. The molecule has 2 aliphatic rings. The maximum atomic E-state index is 12.3. The summed E-state index contributed by atoms with van der Waals surface area (Å²) < 4.78 is 2.07. The maximum Gasteiger partial charge on any atom is 0.253 e. The van der Waals surface area contributed by atoms with E-state index < -0.39 is 0 Å². The van der Waals surface area contributed by atoms with Crippen molar-refractivity contribution in [3.63, 3.8) is 0 Å². The van der Waals surface area contributed by atoms with Gasteiger partial charge < -0.3 is 4.57 Å². The molecule has 1 aromatic rings. The Morgan fingerprint density at radius 2 is 1.94 bits per heavy atom. The summed E-state index contributed by atoms with van der Waals surface area (Å²) in [5, 5.41) is 0. The minimum atomic E-state index is 0.233. The third kappa shape index (κ3) is 1.65. The highest BCUT2D eigenvalue weighted by atomic mass is 16.1. The molecule has 2 nitrogen and oxygen atoms in total. The Morgan fingerprint density at radius 3 is 2.56 bits per heavy atom. The Morgan fingerprint density at radius 1 is 1.28 bits per heavy atom. The molecule has 0 radical (unpaired) electrons. The maximum absolute atomic E-state index is 12.3. The Hall–Kier alpha value is -1.05. The fourth-order valence-corrected chi connectivity index (χ4v) is 3.21. The van der Waals surface area contributed by atoms with E-state index in [1.165, 1.54) is 24.1 Å². The molecule has 0 spiro atoms. The van der Waals surface area contributed by atoms with Crippen molar-refractivity contribution < 1.29 is 0 Å². The van der Waals surface area contributed by atoms with Gasteiger partial charge in [-0.15, -0.1) is 0 Å². The molecular weight excluding hydrogens is 222 g/mol. The van der Waals surface area contributed by atoms with Crippen molar-refractivity contribution in [2.75, 3.05) is 0 Å². The van der Waals surface area contributed by atoms with E-state index in [2.05, 4.69) is 31.4 Å². The van der Waals surface area contributed by atoms with Crippen LogP contribution in [0.3, 0.4) is 0 Å². The highest BCUT2D eigenvalue weighted by molar-refractivity contribution is 5.38. The van der Waals surface area contributed by atoms with Gasteiger partial charge in [0.2, 0.25) is 0 Å². The van der Waals surface area contributed by atoms with E-state index in [-0.39, 0.29) is 5.56 Å². The van der Waals surface area contributed by atoms with Gasteiger partial charge in [0, 0.05) is 17.8 Å². The van der Waals surface area contributed by atoms with Crippen LogP contribution in [-0.4, -0.2) is 4.57 Å². The Labute approximate surface area is 109 Å². The van der Waals surface area contributed by atoms with Crippen molar-refractivity contribution in [1.82, 2.24) is 4.57 Å². The second kappa shape index (κ2) is 3.72. The molecule has 1 aliphatic heterocycles. The number of pyridine rings is 1. The molecule has 98 valence electrons. The summed E-state index contributed by atoms with van der Waals surface area (Å²) in [6.07, 6.45) is 3.63. The number of hydrogen-bond acceptors (Lipinski definition) is 1. The molecule has 0 saturated heterocycles. The predicted molar refractivity (Wildman–Crippen MR) is 74.1 cm³/mol. The molecule has 1 fully saturated rings. The van der Waals surface area contributed by atoms with Crippen LogP contribution < -0.4 is 5.56 Å². The van der Waals surface area contributed by atoms with Gasteiger partial charge in [0.05, 0.1) is 0 Å². The van der Waals surface area contributed by atoms with Gasteiger partial charge in [0.25, 0.3) is 5.56 Å². The zero-order chi connectivity index (χ0) is 13.1. The minimum Gasteiger partial charge on any atom is -0.312 e. The SMILES string of the molecule is Cc1cc(C2(C)CC2)c2n(c1=O)CC(C)C(C)C2.